The standard InChI is InChI=1S/C22H26FN5O2/c1-4-19-18(20(5-2)30-28-19)14-27-22(24-3)26-13-15-8-7-11-25-21(15)29-17-10-6-9-16(23)12-17/h6-12H,4-5,13-14H2,1-3H3,(H2,24,26,27). The zero-order valence-electron chi connectivity index (χ0n) is 17.4. The van der Waals surface area contributed by atoms with E-state index in [2.05, 4.69) is 32.7 Å². The summed E-state index contributed by atoms with van der Waals surface area (Å²) in [6.07, 6.45) is 3.23. The molecule has 2 heterocycles. The van der Waals surface area contributed by atoms with Crippen LogP contribution in [0, 0.1) is 5.82 Å². The van der Waals surface area contributed by atoms with Crippen LogP contribution >= 0.6 is 0 Å². The van der Waals surface area contributed by atoms with Gasteiger partial charge in [-0.2, -0.15) is 0 Å². The lowest BCUT2D eigenvalue weighted by Gasteiger charge is -2.14. The van der Waals surface area contributed by atoms with E-state index in [0.29, 0.717) is 30.7 Å². The molecular weight excluding hydrogens is 385 g/mol. The topological polar surface area (TPSA) is 84.6 Å². The molecule has 3 rings (SSSR count). The van der Waals surface area contributed by atoms with Gasteiger partial charge in [0, 0.05) is 49.9 Å². The van der Waals surface area contributed by atoms with E-state index < -0.39 is 0 Å². The van der Waals surface area contributed by atoms with Gasteiger partial charge in [0.05, 0.1) is 5.69 Å². The molecule has 8 heteroatoms. The summed E-state index contributed by atoms with van der Waals surface area (Å²) in [5.41, 5.74) is 2.84. The second-order valence-electron chi connectivity index (χ2n) is 6.54. The normalized spacial score (nSPS) is 11.4. The number of nitrogens with zero attached hydrogens (tertiary/aromatic N) is 3. The fourth-order valence-electron chi connectivity index (χ4n) is 3.00. The fourth-order valence-corrected chi connectivity index (χ4v) is 3.00. The Balaban J connectivity index is 1.64. The lowest BCUT2D eigenvalue weighted by Crippen LogP contribution is -2.36. The minimum absolute atomic E-state index is 0.362. The first-order valence-corrected chi connectivity index (χ1v) is 9.92. The molecular formula is C22H26FN5O2. The molecule has 0 amide bonds. The maximum absolute atomic E-state index is 13.4. The van der Waals surface area contributed by atoms with Gasteiger partial charge in [-0.3, -0.25) is 4.99 Å². The van der Waals surface area contributed by atoms with Gasteiger partial charge in [0.15, 0.2) is 5.96 Å². The summed E-state index contributed by atoms with van der Waals surface area (Å²) >= 11 is 0. The Morgan fingerprint density at radius 3 is 2.70 bits per heavy atom. The van der Waals surface area contributed by atoms with E-state index in [-0.39, 0.29) is 5.82 Å². The number of benzene rings is 1. The van der Waals surface area contributed by atoms with Gasteiger partial charge < -0.3 is 19.9 Å². The molecule has 0 aliphatic heterocycles. The Labute approximate surface area is 175 Å². The molecule has 1 aromatic carbocycles. The minimum atomic E-state index is -0.362. The van der Waals surface area contributed by atoms with Crippen molar-refractivity contribution in [1.29, 1.82) is 0 Å². The minimum Gasteiger partial charge on any atom is -0.439 e. The number of rotatable bonds is 8. The molecule has 7 nitrogen and oxygen atoms in total. The monoisotopic (exact) mass is 411 g/mol. The Morgan fingerprint density at radius 1 is 1.13 bits per heavy atom. The third-order valence-corrected chi connectivity index (χ3v) is 4.57. The number of aryl methyl sites for hydroxylation is 2. The quantitative estimate of drug-likeness (QED) is 0.431. The maximum Gasteiger partial charge on any atom is 0.224 e. The van der Waals surface area contributed by atoms with Gasteiger partial charge in [0.1, 0.15) is 17.3 Å². The molecule has 0 spiro atoms. The van der Waals surface area contributed by atoms with Gasteiger partial charge in [-0.1, -0.05) is 31.1 Å². The Bertz CT molecular complexity index is 981. The zero-order chi connectivity index (χ0) is 21.3. The highest BCUT2D eigenvalue weighted by atomic mass is 19.1. The molecule has 30 heavy (non-hydrogen) atoms. The number of aromatic nitrogens is 2. The van der Waals surface area contributed by atoms with Crippen molar-refractivity contribution in [3.8, 4) is 11.6 Å². The molecule has 2 N–H and O–H groups in total. The molecule has 3 aromatic rings. The van der Waals surface area contributed by atoms with Crippen LogP contribution in [0.1, 0.15) is 36.4 Å². The smallest absolute Gasteiger partial charge is 0.224 e. The van der Waals surface area contributed by atoms with Crippen LogP contribution in [0.5, 0.6) is 11.6 Å². The molecule has 0 aliphatic rings. The number of guanidine groups is 1. The lowest BCUT2D eigenvalue weighted by atomic mass is 10.1. The molecule has 0 bridgehead atoms. The second-order valence-corrected chi connectivity index (χ2v) is 6.54. The average Bonchev–Trinajstić information content (AvgIpc) is 3.17. The van der Waals surface area contributed by atoms with Gasteiger partial charge in [-0.05, 0) is 24.6 Å². The summed E-state index contributed by atoms with van der Waals surface area (Å²) in [5.74, 6) is 1.95. The van der Waals surface area contributed by atoms with Crippen LogP contribution in [0.4, 0.5) is 4.39 Å². The van der Waals surface area contributed by atoms with E-state index in [9.17, 15) is 4.39 Å². The number of ether oxygens (including phenoxy) is 1. The second kappa shape index (κ2) is 10.4. The summed E-state index contributed by atoms with van der Waals surface area (Å²) in [5, 5.41) is 10.7. The first kappa shape index (κ1) is 21.3. The van der Waals surface area contributed by atoms with Crippen molar-refractivity contribution in [2.45, 2.75) is 39.8 Å². The molecule has 0 saturated heterocycles. The SMILES string of the molecule is CCc1noc(CC)c1CNC(=NC)NCc1cccnc1Oc1cccc(F)c1. The molecule has 0 unspecified atom stereocenters. The summed E-state index contributed by atoms with van der Waals surface area (Å²) in [6, 6.07) is 9.69. The predicted molar refractivity (Wildman–Crippen MR) is 113 cm³/mol. The number of nitrogens with one attached hydrogen (secondary N) is 2. The molecule has 0 saturated carbocycles. The molecule has 158 valence electrons. The summed E-state index contributed by atoms with van der Waals surface area (Å²) in [6.45, 7) is 5.09. The van der Waals surface area contributed by atoms with Crippen molar-refractivity contribution in [3.05, 3.63) is 71.0 Å². The fraction of sp³-hybridized carbons (Fsp3) is 0.318. The number of hydrogen-bond donors (Lipinski definition) is 2. The summed E-state index contributed by atoms with van der Waals surface area (Å²) in [4.78, 5) is 8.55. The largest absolute Gasteiger partial charge is 0.439 e. The van der Waals surface area contributed by atoms with Crippen LogP contribution in [0.3, 0.4) is 0 Å². The molecule has 2 aromatic heterocycles. The molecule has 0 fully saturated rings. The Kier molecular flexibility index (Phi) is 7.37. The van der Waals surface area contributed by atoms with E-state index in [4.69, 9.17) is 9.26 Å². The van der Waals surface area contributed by atoms with Crippen LogP contribution in [-0.4, -0.2) is 23.1 Å². The highest BCUT2D eigenvalue weighted by Gasteiger charge is 2.14. The van der Waals surface area contributed by atoms with Crippen LogP contribution in [0.25, 0.3) is 0 Å². The molecule has 0 aliphatic carbocycles. The Morgan fingerprint density at radius 2 is 1.97 bits per heavy atom. The van der Waals surface area contributed by atoms with Crippen molar-refractivity contribution in [1.82, 2.24) is 20.8 Å². The van der Waals surface area contributed by atoms with Crippen LogP contribution in [-0.2, 0) is 25.9 Å². The van der Waals surface area contributed by atoms with E-state index in [1.807, 2.05) is 19.1 Å². The van der Waals surface area contributed by atoms with Crippen molar-refractivity contribution in [2.24, 2.45) is 4.99 Å². The maximum atomic E-state index is 13.4. The number of pyridine rings is 1. The third-order valence-electron chi connectivity index (χ3n) is 4.57. The first-order valence-electron chi connectivity index (χ1n) is 9.92. The lowest BCUT2D eigenvalue weighted by molar-refractivity contribution is 0.380. The number of halogens is 1. The van der Waals surface area contributed by atoms with Gasteiger partial charge in [-0.15, -0.1) is 0 Å². The highest BCUT2D eigenvalue weighted by Crippen LogP contribution is 2.23. The molecule has 0 radical (unpaired) electrons. The zero-order valence-corrected chi connectivity index (χ0v) is 17.4. The first-order chi connectivity index (χ1) is 14.6. The van der Waals surface area contributed by atoms with Crippen molar-refractivity contribution in [2.75, 3.05) is 7.05 Å². The van der Waals surface area contributed by atoms with Crippen molar-refractivity contribution in [3.63, 3.8) is 0 Å². The molecule has 0 atom stereocenters. The van der Waals surface area contributed by atoms with E-state index in [0.717, 1.165) is 35.4 Å². The van der Waals surface area contributed by atoms with E-state index in [1.54, 1.807) is 25.4 Å². The van der Waals surface area contributed by atoms with Crippen LogP contribution in [0.2, 0.25) is 0 Å². The Hall–Kier alpha value is -3.42. The van der Waals surface area contributed by atoms with Gasteiger partial charge in [0.2, 0.25) is 5.88 Å². The van der Waals surface area contributed by atoms with Gasteiger partial charge >= 0.3 is 0 Å². The van der Waals surface area contributed by atoms with Crippen LogP contribution in [0.15, 0.2) is 52.1 Å². The van der Waals surface area contributed by atoms with Crippen molar-refractivity contribution >= 4 is 5.96 Å². The van der Waals surface area contributed by atoms with E-state index >= 15 is 0 Å². The van der Waals surface area contributed by atoms with Gasteiger partial charge in [0.25, 0.3) is 0 Å². The van der Waals surface area contributed by atoms with Crippen molar-refractivity contribution < 1.29 is 13.7 Å². The predicted octanol–water partition coefficient (Wildman–Crippen LogP) is 3.99. The van der Waals surface area contributed by atoms with Crippen LogP contribution < -0.4 is 15.4 Å². The summed E-state index contributed by atoms with van der Waals surface area (Å²) < 4.78 is 24.6. The van der Waals surface area contributed by atoms with E-state index in [1.165, 1.54) is 12.1 Å². The third kappa shape index (κ3) is 5.34. The highest BCUT2D eigenvalue weighted by molar-refractivity contribution is 5.79. The number of aliphatic imine (C=N–C) groups is 1. The average molecular weight is 411 g/mol. The van der Waals surface area contributed by atoms with Gasteiger partial charge in [-0.25, -0.2) is 9.37 Å². The number of hydrogen-bond acceptors (Lipinski definition) is 5. The summed E-state index contributed by atoms with van der Waals surface area (Å²) in [7, 11) is 1.71.